The van der Waals surface area contributed by atoms with Crippen molar-refractivity contribution in [3.05, 3.63) is 153 Å². The van der Waals surface area contributed by atoms with Crippen LogP contribution in [0.2, 0.25) is 0 Å². The van der Waals surface area contributed by atoms with E-state index < -0.39 is 0 Å². The third-order valence-corrected chi connectivity index (χ3v) is 12.9. The molecule has 4 aliphatic rings. The number of benzene rings is 4. The molecule has 2 aromatic heterocycles. The van der Waals surface area contributed by atoms with E-state index in [9.17, 15) is 19.2 Å². The zero-order valence-corrected chi connectivity index (χ0v) is 33.3. The Bertz CT molecular complexity index is 2620. The summed E-state index contributed by atoms with van der Waals surface area (Å²) in [4.78, 5) is 66.0. The normalized spacial score (nSPS) is 19.6. The van der Waals surface area contributed by atoms with E-state index in [2.05, 4.69) is 44.9 Å². The van der Waals surface area contributed by atoms with Gasteiger partial charge >= 0.3 is 0 Å². The highest BCUT2D eigenvalue weighted by Gasteiger charge is 2.45. The quantitative estimate of drug-likeness (QED) is 0.0886. The highest BCUT2D eigenvalue weighted by atomic mass is 16.2. The number of aromatic nitrogens is 2. The number of aryl methyl sites for hydroxylation is 2. The predicted molar refractivity (Wildman–Crippen MR) is 229 cm³/mol. The van der Waals surface area contributed by atoms with Crippen LogP contribution < -0.4 is 10.6 Å². The maximum Gasteiger partial charge on any atom is 0.261 e. The van der Waals surface area contributed by atoms with Gasteiger partial charge in [-0.2, -0.15) is 0 Å². The van der Waals surface area contributed by atoms with E-state index in [1.807, 2.05) is 72.8 Å². The molecule has 0 spiro atoms. The van der Waals surface area contributed by atoms with Gasteiger partial charge in [0.25, 0.3) is 23.6 Å². The number of hydrogen-bond acceptors (Lipinski definition) is 6. The molecule has 10 nitrogen and oxygen atoms in total. The van der Waals surface area contributed by atoms with E-state index in [0.717, 1.165) is 87.6 Å². The summed E-state index contributed by atoms with van der Waals surface area (Å²) in [6.45, 7) is 1.43. The van der Waals surface area contributed by atoms with Crippen LogP contribution in [0, 0.1) is 0 Å². The van der Waals surface area contributed by atoms with E-state index in [1.54, 1.807) is 14.1 Å². The maximum atomic E-state index is 14.1. The van der Waals surface area contributed by atoms with Gasteiger partial charge in [0.15, 0.2) is 0 Å². The monoisotopic (exact) mass is 782 g/mol. The first kappa shape index (κ1) is 36.9. The fourth-order valence-corrected chi connectivity index (χ4v) is 9.99. The summed E-state index contributed by atoms with van der Waals surface area (Å²) in [6.07, 6.45) is 5.62. The van der Waals surface area contributed by atoms with Gasteiger partial charge in [0.05, 0.1) is 34.4 Å². The molecule has 4 amide bonds. The second kappa shape index (κ2) is 14.8. The topological polar surface area (TPSA) is 130 Å². The number of fused-ring (bicyclic) bond motifs is 4. The second-order valence-electron chi connectivity index (χ2n) is 16.2. The Hall–Kier alpha value is -6.36. The van der Waals surface area contributed by atoms with Crippen LogP contribution in [0.1, 0.15) is 76.1 Å². The lowest BCUT2D eigenvalue weighted by Crippen LogP contribution is -2.35. The molecule has 10 heteroatoms. The molecular weight excluding hydrogens is 737 g/mol. The average molecular weight is 783 g/mol. The molecular formula is C49H46N6O4. The minimum absolute atomic E-state index is 0.264. The molecule has 6 aromatic rings. The van der Waals surface area contributed by atoms with Crippen molar-refractivity contribution in [2.75, 3.05) is 27.2 Å². The molecule has 2 unspecified atom stereocenters. The van der Waals surface area contributed by atoms with Gasteiger partial charge in [-0.05, 0) is 72.9 Å². The molecule has 0 bridgehead atoms. The fraction of sp³-hybridized carbons (Fsp3) is 0.265. The molecule has 0 fully saturated rings. The number of likely N-dealkylation sites (N-methyl/N-ethyl adjacent to an activating group) is 2. The molecule has 6 heterocycles. The number of hydrogen-bond donors (Lipinski definition) is 4. The maximum absolute atomic E-state index is 14.1. The summed E-state index contributed by atoms with van der Waals surface area (Å²) in [6, 6.07) is 31.6. The number of H-pyrrole nitrogens is 2. The lowest BCUT2D eigenvalue weighted by molar-refractivity contribution is -0.136. The van der Waals surface area contributed by atoms with Gasteiger partial charge in [0.1, 0.15) is 0 Å². The van der Waals surface area contributed by atoms with E-state index in [4.69, 9.17) is 0 Å². The highest BCUT2D eigenvalue weighted by molar-refractivity contribution is 6.38. The number of rotatable bonds is 10. The molecule has 4 aromatic carbocycles. The first-order valence-electron chi connectivity index (χ1n) is 20.8. The van der Waals surface area contributed by atoms with E-state index in [1.165, 1.54) is 20.9 Å². The molecule has 2 atom stereocenters. The Kier molecular flexibility index (Phi) is 9.26. The van der Waals surface area contributed by atoms with Crippen LogP contribution in [0.25, 0.3) is 33.0 Å². The Morgan fingerprint density at radius 3 is 1.37 bits per heavy atom. The number of aromatic amines is 2. The summed E-state index contributed by atoms with van der Waals surface area (Å²) >= 11 is 0. The van der Waals surface area contributed by atoms with Crippen molar-refractivity contribution in [1.29, 1.82) is 0 Å². The molecule has 59 heavy (non-hydrogen) atoms. The van der Waals surface area contributed by atoms with Gasteiger partial charge in [0.2, 0.25) is 0 Å². The van der Waals surface area contributed by atoms with Crippen LogP contribution in [0.4, 0.5) is 0 Å². The fourth-order valence-electron chi connectivity index (χ4n) is 9.99. The highest BCUT2D eigenvalue weighted by Crippen LogP contribution is 2.44. The Balaban J connectivity index is 0.961. The molecule has 0 saturated heterocycles. The van der Waals surface area contributed by atoms with Crippen LogP contribution in [-0.4, -0.2) is 70.6 Å². The van der Waals surface area contributed by atoms with Gasteiger partial charge in [0, 0.05) is 71.5 Å². The number of nitrogens with zero attached hydrogens (tertiary/aromatic N) is 2. The SMILES string of the molecule is CN1C(=O)C(c2c(CCCCCc3[nH]c4ccccc4c3C3=C(C4NCCc5ccccc54)C(=O)N(C)C3=O)[nH]c3ccccc23)=C(C2NCCc3ccccc32)C1=O. The third-order valence-electron chi connectivity index (χ3n) is 12.9. The number of carbonyl (C=O) groups excluding carboxylic acids is 4. The minimum atomic E-state index is -0.385. The van der Waals surface area contributed by atoms with Crippen LogP contribution in [0.3, 0.4) is 0 Å². The largest absolute Gasteiger partial charge is 0.358 e. The minimum Gasteiger partial charge on any atom is -0.358 e. The first-order chi connectivity index (χ1) is 28.8. The van der Waals surface area contributed by atoms with Crippen LogP contribution in [0.15, 0.2) is 108 Å². The Morgan fingerprint density at radius 2 is 0.915 bits per heavy atom. The van der Waals surface area contributed by atoms with E-state index in [0.29, 0.717) is 48.2 Å². The summed E-state index contributed by atoms with van der Waals surface area (Å²) < 4.78 is 0. The lowest BCUT2D eigenvalue weighted by Gasteiger charge is -2.28. The average Bonchev–Trinajstić information content (AvgIpc) is 3.94. The third kappa shape index (κ3) is 6.00. The van der Waals surface area contributed by atoms with Gasteiger partial charge in [-0.1, -0.05) is 91.3 Å². The number of amides is 4. The van der Waals surface area contributed by atoms with Crippen molar-refractivity contribution in [3.63, 3.8) is 0 Å². The molecule has 10 rings (SSSR count). The van der Waals surface area contributed by atoms with Crippen molar-refractivity contribution in [3.8, 4) is 0 Å². The number of para-hydroxylation sites is 2. The predicted octanol–water partition coefficient (Wildman–Crippen LogP) is 6.88. The van der Waals surface area contributed by atoms with Crippen LogP contribution in [-0.2, 0) is 44.9 Å². The number of imide groups is 2. The second-order valence-corrected chi connectivity index (χ2v) is 16.2. The zero-order valence-electron chi connectivity index (χ0n) is 33.3. The van der Waals surface area contributed by atoms with Crippen molar-refractivity contribution in [1.82, 2.24) is 30.4 Å². The molecule has 0 aliphatic carbocycles. The smallest absolute Gasteiger partial charge is 0.261 e. The number of unbranched alkanes of at least 4 members (excludes halogenated alkanes) is 2. The molecule has 4 N–H and O–H groups in total. The summed E-state index contributed by atoms with van der Waals surface area (Å²) in [5.41, 5.74) is 11.8. The summed E-state index contributed by atoms with van der Waals surface area (Å²) in [5, 5.41) is 9.00. The van der Waals surface area contributed by atoms with Crippen molar-refractivity contribution in [2.45, 2.75) is 57.0 Å². The summed E-state index contributed by atoms with van der Waals surface area (Å²) in [7, 11) is 3.16. The number of carbonyl (C=O) groups is 4. The van der Waals surface area contributed by atoms with E-state index >= 15 is 0 Å². The standard InChI is InChI=1S/C49H46N6O4/c1-54-46(56)40(42(48(54)58)44-30-16-8-6-14-28(30)24-26-50-44)38-32-18-10-12-20-34(32)52-36(38)22-4-3-5-23-37-39(33-19-11-13-21-35(33)53-37)41-43(49(59)55(2)47(41)57)45-31-17-9-7-15-29(31)25-27-51-45/h6-21,44-45,50-53H,3-5,22-27H2,1-2H3. The zero-order chi connectivity index (χ0) is 40.4. The van der Waals surface area contributed by atoms with Gasteiger partial charge < -0.3 is 20.6 Å². The molecule has 0 radical (unpaired) electrons. The molecule has 0 saturated carbocycles. The summed E-state index contributed by atoms with van der Waals surface area (Å²) in [5.74, 6) is -1.09. The van der Waals surface area contributed by atoms with Crippen LogP contribution >= 0.6 is 0 Å². The van der Waals surface area contributed by atoms with Crippen molar-refractivity contribution in [2.24, 2.45) is 0 Å². The van der Waals surface area contributed by atoms with Crippen LogP contribution in [0.5, 0.6) is 0 Å². The molecule has 296 valence electrons. The van der Waals surface area contributed by atoms with Crippen molar-refractivity contribution >= 4 is 56.6 Å². The van der Waals surface area contributed by atoms with Gasteiger partial charge in [-0.15, -0.1) is 0 Å². The first-order valence-corrected chi connectivity index (χ1v) is 20.8. The van der Waals surface area contributed by atoms with E-state index in [-0.39, 0.29) is 35.7 Å². The Morgan fingerprint density at radius 1 is 0.508 bits per heavy atom. The van der Waals surface area contributed by atoms with Gasteiger partial charge in [-0.3, -0.25) is 29.0 Å². The molecule has 4 aliphatic heterocycles. The Labute approximate surface area is 342 Å². The van der Waals surface area contributed by atoms with Gasteiger partial charge in [-0.25, -0.2) is 0 Å². The van der Waals surface area contributed by atoms with Crippen molar-refractivity contribution < 1.29 is 19.2 Å². The lowest BCUT2D eigenvalue weighted by atomic mass is 9.85. The number of nitrogens with one attached hydrogen (secondary N) is 4.